The minimum atomic E-state index is 1.16. The first-order chi connectivity index (χ1) is 21.8. The average Bonchev–Trinajstić information content (AvgIpc) is 3.65. The highest BCUT2D eigenvalue weighted by atomic mass is 32.1. The van der Waals surface area contributed by atoms with Crippen LogP contribution in [0.1, 0.15) is 0 Å². The Morgan fingerprint density at radius 2 is 0.932 bits per heavy atom. The van der Waals surface area contributed by atoms with Crippen LogP contribution in [0.5, 0.6) is 0 Å². The molecule has 0 bridgehead atoms. The van der Waals surface area contributed by atoms with E-state index < -0.39 is 0 Å². The van der Waals surface area contributed by atoms with Gasteiger partial charge in [-0.3, -0.25) is 0 Å². The summed E-state index contributed by atoms with van der Waals surface area (Å²) in [5.41, 5.74) is 11.1. The van der Waals surface area contributed by atoms with Crippen molar-refractivity contribution in [3.63, 3.8) is 0 Å². The maximum absolute atomic E-state index is 2.42. The highest BCUT2D eigenvalue weighted by molar-refractivity contribution is 7.25. The summed E-state index contributed by atoms with van der Waals surface area (Å²) < 4.78 is 5.10. The third-order valence-electron chi connectivity index (χ3n) is 8.84. The van der Waals surface area contributed by atoms with Crippen LogP contribution in [0, 0.1) is 0 Å². The molecular weight excluding hydrogens is 551 g/mol. The first kappa shape index (κ1) is 25.1. The molecule has 2 heterocycles. The summed E-state index contributed by atoms with van der Waals surface area (Å²) in [5.74, 6) is 0. The molecule has 7 aromatic carbocycles. The molecule has 206 valence electrons. The van der Waals surface area contributed by atoms with Crippen LogP contribution in [0.25, 0.3) is 81.0 Å². The van der Waals surface area contributed by atoms with Crippen LogP contribution in [-0.2, 0) is 0 Å². The van der Waals surface area contributed by atoms with Crippen LogP contribution in [0.4, 0.5) is 0 Å². The summed E-state index contributed by atoms with van der Waals surface area (Å²) in [4.78, 5) is 0. The second-order valence-corrected chi connectivity index (χ2v) is 12.4. The van der Waals surface area contributed by atoms with E-state index in [-0.39, 0.29) is 0 Å². The van der Waals surface area contributed by atoms with Crippen LogP contribution in [0.2, 0.25) is 0 Å². The molecule has 0 spiro atoms. The molecule has 0 amide bonds. The minimum Gasteiger partial charge on any atom is -0.309 e. The maximum atomic E-state index is 2.42. The first-order valence-corrected chi connectivity index (χ1v) is 15.8. The van der Waals surface area contributed by atoms with Gasteiger partial charge in [-0.2, -0.15) is 0 Å². The zero-order valence-corrected chi connectivity index (χ0v) is 24.8. The average molecular weight is 578 g/mol. The molecule has 2 aromatic heterocycles. The molecule has 0 unspecified atom stereocenters. The highest BCUT2D eigenvalue weighted by Gasteiger charge is 2.16. The van der Waals surface area contributed by atoms with Gasteiger partial charge in [0.05, 0.1) is 11.0 Å². The van der Waals surface area contributed by atoms with Gasteiger partial charge in [-0.1, -0.05) is 133 Å². The smallest absolute Gasteiger partial charge is 0.0619 e. The van der Waals surface area contributed by atoms with Gasteiger partial charge in [0.25, 0.3) is 0 Å². The van der Waals surface area contributed by atoms with Crippen LogP contribution in [-0.4, -0.2) is 4.57 Å². The van der Waals surface area contributed by atoms with Crippen molar-refractivity contribution < 1.29 is 0 Å². The number of nitrogens with zero attached hydrogens (tertiary/aromatic N) is 1. The topological polar surface area (TPSA) is 4.93 Å². The normalized spacial score (nSPS) is 11.6. The van der Waals surface area contributed by atoms with Gasteiger partial charge in [-0.15, -0.1) is 11.3 Å². The second-order valence-electron chi connectivity index (χ2n) is 11.3. The molecule has 0 saturated heterocycles. The minimum absolute atomic E-state index is 1.16. The van der Waals surface area contributed by atoms with Crippen molar-refractivity contribution in [2.45, 2.75) is 0 Å². The summed E-state index contributed by atoms with van der Waals surface area (Å²) in [6.07, 6.45) is 0. The summed E-state index contributed by atoms with van der Waals surface area (Å²) >= 11 is 1.87. The van der Waals surface area contributed by atoms with Gasteiger partial charge in [0, 0.05) is 42.2 Å². The van der Waals surface area contributed by atoms with Gasteiger partial charge in [0.1, 0.15) is 0 Å². The monoisotopic (exact) mass is 577 g/mol. The van der Waals surface area contributed by atoms with E-state index in [1.807, 2.05) is 11.3 Å². The van der Waals surface area contributed by atoms with Crippen molar-refractivity contribution in [1.82, 2.24) is 4.57 Å². The van der Waals surface area contributed by atoms with Crippen LogP contribution in [0.3, 0.4) is 0 Å². The maximum Gasteiger partial charge on any atom is 0.0619 e. The number of rotatable bonds is 4. The van der Waals surface area contributed by atoms with Gasteiger partial charge in [-0.25, -0.2) is 0 Å². The number of fused-ring (bicyclic) bond motifs is 6. The lowest BCUT2D eigenvalue weighted by Gasteiger charge is -2.13. The van der Waals surface area contributed by atoms with Gasteiger partial charge in [-0.05, 0) is 58.1 Å². The Hall–Kier alpha value is -5.44. The number of aromatic nitrogens is 1. The lowest BCUT2D eigenvalue weighted by atomic mass is 9.97. The Balaban J connectivity index is 1.13. The van der Waals surface area contributed by atoms with Crippen LogP contribution in [0.15, 0.2) is 164 Å². The molecule has 0 N–H and O–H groups in total. The van der Waals surface area contributed by atoms with Crippen LogP contribution < -0.4 is 0 Å². The molecule has 0 aliphatic heterocycles. The molecule has 9 aromatic rings. The predicted molar refractivity (Wildman–Crippen MR) is 190 cm³/mol. The first-order valence-electron chi connectivity index (χ1n) is 15.0. The summed E-state index contributed by atoms with van der Waals surface area (Å²) in [7, 11) is 0. The zero-order valence-electron chi connectivity index (χ0n) is 23.9. The lowest BCUT2D eigenvalue weighted by Crippen LogP contribution is -1.95. The second kappa shape index (κ2) is 10.1. The molecular formula is C42H27NS. The van der Waals surface area contributed by atoms with Gasteiger partial charge in [0.2, 0.25) is 0 Å². The molecule has 0 aliphatic rings. The molecule has 44 heavy (non-hydrogen) atoms. The third-order valence-corrected chi connectivity index (χ3v) is 9.97. The van der Waals surface area contributed by atoms with Crippen molar-refractivity contribution in [2.24, 2.45) is 0 Å². The van der Waals surface area contributed by atoms with E-state index in [0.29, 0.717) is 0 Å². The number of hydrogen-bond donors (Lipinski definition) is 0. The van der Waals surface area contributed by atoms with Crippen molar-refractivity contribution in [1.29, 1.82) is 0 Å². The van der Waals surface area contributed by atoms with E-state index in [9.17, 15) is 0 Å². The van der Waals surface area contributed by atoms with Gasteiger partial charge >= 0.3 is 0 Å². The van der Waals surface area contributed by atoms with E-state index in [1.165, 1.54) is 75.4 Å². The Morgan fingerprint density at radius 1 is 0.364 bits per heavy atom. The molecule has 0 aliphatic carbocycles. The Kier molecular flexibility index (Phi) is 5.75. The molecule has 0 atom stereocenters. The fourth-order valence-electron chi connectivity index (χ4n) is 6.80. The quantitative estimate of drug-likeness (QED) is 0.196. The van der Waals surface area contributed by atoms with E-state index in [1.54, 1.807) is 0 Å². The van der Waals surface area contributed by atoms with Crippen molar-refractivity contribution >= 4 is 53.3 Å². The van der Waals surface area contributed by atoms with Gasteiger partial charge in [0.15, 0.2) is 0 Å². The lowest BCUT2D eigenvalue weighted by molar-refractivity contribution is 1.18. The van der Waals surface area contributed by atoms with E-state index in [0.717, 1.165) is 5.69 Å². The number of benzene rings is 7. The number of thiophene rings is 1. The standard InChI is InChI=1S/C42H27NS/c1-2-10-30(11-3-1)34-15-8-16-36-35-12-4-6-17-38(35)43(42(34)36)32-26-24-29(25-27-32)28-20-22-31(23-21-28)33-14-9-19-40-41(33)37-13-5-7-18-39(37)44-40/h1-27H. The predicted octanol–water partition coefficient (Wildman–Crippen LogP) is 12.2. The van der Waals surface area contributed by atoms with E-state index in [4.69, 9.17) is 0 Å². The zero-order chi connectivity index (χ0) is 29.0. The molecule has 9 rings (SSSR count). The summed E-state index contributed by atoms with van der Waals surface area (Å²) in [6.45, 7) is 0. The van der Waals surface area contributed by atoms with Crippen molar-refractivity contribution in [3.8, 4) is 39.1 Å². The van der Waals surface area contributed by atoms with Crippen molar-refractivity contribution in [2.75, 3.05) is 0 Å². The SMILES string of the molecule is c1ccc(-c2cccc3c4ccccc4n(-c4ccc(-c5ccc(-c6cccc7sc8ccccc8c67)cc5)cc4)c23)cc1. The van der Waals surface area contributed by atoms with E-state index >= 15 is 0 Å². The molecule has 0 radical (unpaired) electrons. The molecule has 1 nitrogen and oxygen atoms in total. The highest BCUT2D eigenvalue weighted by Crippen LogP contribution is 2.41. The number of para-hydroxylation sites is 2. The molecule has 2 heteroatoms. The summed E-state index contributed by atoms with van der Waals surface area (Å²) in [6, 6.07) is 59.6. The van der Waals surface area contributed by atoms with E-state index in [2.05, 4.69) is 168 Å². The third kappa shape index (κ3) is 3.92. The van der Waals surface area contributed by atoms with Gasteiger partial charge < -0.3 is 4.57 Å². The Bertz CT molecular complexity index is 2460. The van der Waals surface area contributed by atoms with Crippen LogP contribution >= 0.6 is 11.3 Å². The Morgan fingerprint density at radius 3 is 1.75 bits per heavy atom. The molecule has 0 saturated carbocycles. The fraction of sp³-hybridized carbons (Fsp3) is 0. The number of hydrogen-bond acceptors (Lipinski definition) is 1. The fourth-order valence-corrected chi connectivity index (χ4v) is 7.93. The Labute approximate surface area is 259 Å². The summed E-state index contributed by atoms with van der Waals surface area (Å²) in [5, 5.41) is 5.23. The van der Waals surface area contributed by atoms with Crippen molar-refractivity contribution in [3.05, 3.63) is 164 Å². The molecule has 0 fully saturated rings. The largest absolute Gasteiger partial charge is 0.309 e.